The Morgan fingerprint density at radius 3 is 2.80 bits per heavy atom. The van der Waals surface area contributed by atoms with E-state index in [1.165, 1.54) is 19.3 Å². The molecule has 1 unspecified atom stereocenters. The van der Waals surface area contributed by atoms with Gasteiger partial charge in [0, 0.05) is 16.6 Å². The van der Waals surface area contributed by atoms with Crippen molar-refractivity contribution in [2.45, 2.75) is 31.7 Å². The summed E-state index contributed by atoms with van der Waals surface area (Å²) >= 11 is 3.57. The third-order valence-electron chi connectivity index (χ3n) is 5.16. The number of nitrogens with one attached hydrogen (secondary N) is 1. The van der Waals surface area contributed by atoms with Crippen LogP contribution in [0.5, 0.6) is 0 Å². The van der Waals surface area contributed by atoms with Crippen LogP contribution in [0.2, 0.25) is 0 Å². The molecule has 0 spiro atoms. The summed E-state index contributed by atoms with van der Waals surface area (Å²) < 4.78 is 6.64. The van der Waals surface area contributed by atoms with Gasteiger partial charge >= 0.3 is 0 Å². The number of piperidine rings is 1. The molecule has 3 heterocycles. The maximum Gasteiger partial charge on any atom is 0.244 e. The van der Waals surface area contributed by atoms with Gasteiger partial charge < -0.3 is 9.84 Å². The highest BCUT2D eigenvalue weighted by atomic mass is 79.9. The van der Waals surface area contributed by atoms with E-state index < -0.39 is 0 Å². The highest BCUT2D eigenvalue weighted by Gasteiger charge is 2.32. The van der Waals surface area contributed by atoms with E-state index in [1.807, 2.05) is 24.3 Å². The normalized spacial score (nSPS) is 22.0. The van der Waals surface area contributed by atoms with Gasteiger partial charge in [0.1, 0.15) is 0 Å². The summed E-state index contributed by atoms with van der Waals surface area (Å²) in [5, 5.41) is 7.67. The third kappa shape index (κ3) is 4.25. The quantitative estimate of drug-likeness (QED) is 0.797. The molecule has 0 amide bonds. The van der Waals surface area contributed by atoms with Crippen molar-refractivity contribution < 1.29 is 4.52 Å². The molecule has 1 atom stereocenters. The summed E-state index contributed by atoms with van der Waals surface area (Å²) in [4.78, 5) is 7.25. The fourth-order valence-corrected chi connectivity index (χ4v) is 4.30. The zero-order valence-electron chi connectivity index (χ0n) is 14.2. The molecule has 1 aromatic heterocycles. The summed E-state index contributed by atoms with van der Waals surface area (Å²) in [5.74, 6) is 2.23. The molecule has 2 fully saturated rings. The fourth-order valence-electron chi connectivity index (χ4n) is 3.84. The van der Waals surface area contributed by atoms with E-state index in [-0.39, 0.29) is 18.4 Å². The van der Waals surface area contributed by atoms with Crippen molar-refractivity contribution in [1.29, 1.82) is 0 Å². The minimum atomic E-state index is 0. The second-order valence-corrected chi connectivity index (χ2v) is 7.64. The molecule has 1 N–H and O–H groups in total. The minimum absolute atomic E-state index is 0. The van der Waals surface area contributed by atoms with E-state index in [4.69, 9.17) is 9.51 Å². The summed E-state index contributed by atoms with van der Waals surface area (Å²) in [6.45, 7) is 4.59. The van der Waals surface area contributed by atoms with Crippen LogP contribution in [0.25, 0.3) is 11.4 Å². The number of rotatable bonds is 4. The van der Waals surface area contributed by atoms with Gasteiger partial charge in [-0.05, 0) is 63.4 Å². The molecular formula is C18H24BrClN4O. The van der Waals surface area contributed by atoms with Crippen molar-refractivity contribution in [3.05, 3.63) is 34.6 Å². The molecule has 7 heteroatoms. The van der Waals surface area contributed by atoms with E-state index in [0.29, 0.717) is 5.82 Å². The summed E-state index contributed by atoms with van der Waals surface area (Å²) in [5.41, 5.74) is 0.982. The van der Waals surface area contributed by atoms with Crippen LogP contribution in [0.4, 0.5) is 0 Å². The SMILES string of the molecule is Brc1ccccc1-c1noc(C2CCCN2CC2CCNCC2)n1.Cl. The van der Waals surface area contributed by atoms with E-state index in [9.17, 15) is 0 Å². The van der Waals surface area contributed by atoms with E-state index in [0.717, 1.165) is 54.4 Å². The molecule has 4 rings (SSSR count). The molecular weight excluding hydrogens is 404 g/mol. The molecule has 2 aromatic rings. The summed E-state index contributed by atoms with van der Waals surface area (Å²) in [7, 11) is 0. The Hall–Kier alpha value is -0.950. The van der Waals surface area contributed by atoms with Gasteiger partial charge in [0.25, 0.3) is 0 Å². The van der Waals surface area contributed by atoms with Gasteiger partial charge in [0.2, 0.25) is 11.7 Å². The van der Waals surface area contributed by atoms with Crippen molar-refractivity contribution in [1.82, 2.24) is 20.4 Å². The van der Waals surface area contributed by atoms with Gasteiger partial charge in [-0.2, -0.15) is 4.98 Å². The Balaban J connectivity index is 0.00000182. The monoisotopic (exact) mass is 426 g/mol. The van der Waals surface area contributed by atoms with Crippen LogP contribution >= 0.6 is 28.3 Å². The zero-order chi connectivity index (χ0) is 16.4. The second-order valence-electron chi connectivity index (χ2n) is 6.78. The molecule has 5 nitrogen and oxygen atoms in total. The zero-order valence-corrected chi connectivity index (χ0v) is 16.6. The van der Waals surface area contributed by atoms with Gasteiger partial charge in [0.05, 0.1) is 6.04 Å². The first-order valence-corrected chi connectivity index (χ1v) is 9.64. The number of benzene rings is 1. The Kier molecular flexibility index (Phi) is 6.49. The standard InChI is InChI=1S/C18H23BrN4O.ClH/c19-15-5-2-1-4-14(15)17-21-18(24-22-17)16-6-3-11-23(16)12-13-7-9-20-10-8-13;/h1-2,4-5,13,16,20H,3,6-12H2;1H. The Labute approximate surface area is 163 Å². The van der Waals surface area contributed by atoms with Crippen molar-refractivity contribution >= 4 is 28.3 Å². The van der Waals surface area contributed by atoms with E-state index in [2.05, 4.69) is 31.3 Å². The van der Waals surface area contributed by atoms with Crippen LogP contribution in [0.3, 0.4) is 0 Å². The van der Waals surface area contributed by atoms with Crippen molar-refractivity contribution in [3.8, 4) is 11.4 Å². The first-order chi connectivity index (χ1) is 11.8. The molecule has 25 heavy (non-hydrogen) atoms. The molecule has 0 bridgehead atoms. The molecule has 0 radical (unpaired) electrons. The lowest BCUT2D eigenvalue weighted by atomic mass is 9.97. The smallest absolute Gasteiger partial charge is 0.244 e. The van der Waals surface area contributed by atoms with Gasteiger partial charge in [0.15, 0.2) is 0 Å². The van der Waals surface area contributed by atoms with Crippen molar-refractivity contribution in [2.24, 2.45) is 5.92 Å². The summed E-state index contributed by atoms with van der Waals surface area (Å²) in [6, 6.07) is 8.29. The fraction of sp³-hybridized carbons (Fsp3) is 0.556. The highest BCUT2D eigenvalue weighted by Crippen LogP contribution is 2.34. The number of likely N-dealkylation sites (tertiary alicyclic amines) is 1. The van der Waals surface area contributed by atoms with Crippen LogP contribution in [-0.4, -0.2) is 41.2 Å². The number of hydrogen-bond acceptors (Lipinski definition) is 5. The maximum atomic E-state index is 5.64. The number of aromatic nitrogens is 2. The second kappa shape index (κ2) is 8.62. The average Bonchev–Trinajstić information content (AvgIpc) is 3.25. The Morgan fingerprint density at radius 1 is 1.20 bits per heavy atom. The molecule has 1 aromatic carbocycles. The lowest BCUT2D eigenvalue weighted by Gasteiger charge is -2.29. The van der Waals surface area contributed by atoms with Gasteiger partial charge in [-0.3, -0.25) is 4.90 Å². The Bertz CT molecular complexity index is 689. The van der Waals surface area contributed by atoms with Crippen LogP contribution in [-0.2, 0) is 0 Å². The first-order valence-electron chi connectivity index (χ1n) is 8.84. The molecule has 0 saturated carbocycles. The predicted octanol–water partition coefficient (Wildman–Crippen LogP) is 4.06. The van der Waals surface area contributed by atoms with E-state index in [1.54, 1.807) is 0 Å². The molecule has 0 aliphatic carbocycles. The van der Waals surface area contributed by atoms with Crippen LogP contribution in [0.1, 0.15) is 37.6 Å². The minimum Gasteiger partial charge on any atom is -0.337 e. The lowest BCUT2D eigenvalue weighted by molar-refractivity contribution is 0.166. The lowest BCUT2D eigenvalue weighted by Crippen LogP contribution is -2.36. The highest BCUT2D eigenvalue weighted by molar-refractivity contribution is 9.10. The number of halogens is 2. The Morgan fingerprint density at radius 2 is 2.00 bits per heavy atom. The van der Waals surface area contributed by atoms with Crippen molar-refractivity contribution in [3.63, 3.8) is 0 Å². The predicted molar refractivity (Wildman–Crippen MR) is 104 cm³/mol. The molecule has 2 aliphatic rings. The topological polar surface area (TPSA) is 54.2 Å². The van der Waals surface area contributed by atoms with Gasteiger partial charge in [-0.15, -0.1) is 12.4 Å². The number of nitrogens with zero attached hydrogens (tertiary/aromatic N) is 3. The van der Waals surface area contributed by atoms with Crippen LogP contribution < -0.4 is 5.32 Å². The third-order valence-corrected chi connectivity index (χ3v) is 5.85. The summed E-state index contributed by atoms with van der Waals surface area (Å²) in [6.07, 6.45) is 4.87. The largest absolute Gasteiger partial charge is 0.337 e. The number of hydrogen-bond donors (Lipinski definition) is 1. The van der Waals surface area contributed by atoms with Crippen molar-refractivity contribution in [2.75, 3.05) is 26.2 Å². The maximum absolute atomic E-state index is 5.64. The van der Waals surface area contributed by atoms with E-state index >= 15 is 0 Å². The van der Waals surface area contributed by atoms with Crippen LogP contribution in [0.15, 0.2) is 33.3 Å². The average molecular weight is 428 g/mol. The molecule has 136 valence electrons. The van der Waals surface area contributed by atoms with Crippen LogP contribution in [0, 0.1) is 5.92 Å². The van der Waals surface area contributed by atoms with Gasteiger partial charge in [-0.1, -0.05) is 33.2 Å². The first kappa shape index (κ1) is 18.8. The molecule has 2 saturated heterocycles. The van der Waals surface area contributed by atoms with Gasteiger partial charge in [-0.25, -0.2) is 0 Å². The molecule has 2 aliphatic heterocycles.